The van der Waals surface area contributed by atoms with Gasteiger partial charge in [-0.3, -0.25) is 4.79 Å². The predicted molar refractivity (Wildman–Crippen MR) is 88.1 cm³/mol. The van der Waals surface area contributed by atoms with Crippen LogP contribution in [-0.4, -0.2) is 19.5 Å². The molecule has 21 heavy (non-hydrogen) atoms. The van der Waals surface area contributed by atoms with Crippen LogP contribution in [-0.2, 0) is 6.42 Å². The fourth-order valence-corrected chi connectivity index (χ4v) is 2.32. The molecule has 0 aliphatic rings. The van der Waals surface area contributed by atoms with E-state index in [9.17, 15) is 4.79 Å². The van der Waals surface area contributed by atoms with Crippen LogP contribution < -0.4 is 10.6 Å². The highest BCUT2D eigenvalue weighted by Gasteiger charge is 2.09. The van der Waals surface area contributed by atoms with Crippen molar-refractivity contribution < 1.29 is 4.79 Å². The minimum Gasteiger partial charge on any atom is -0.385 e. The predicted octanol–water partition coefficient (Wildman–Crippen LogP) is 3.74. The molecule has 110 valence electrons. The van der Waals surface area contributed by atoms with Gasteiger partial charge in [-0.1, -0.05) is 41.9 Å². The van der Waals surface area contributed by atoms with Crippen molar-refractivity contribution in [3.8, 4) is 0 Å². The summed E-state index contributed by atoms with van der Waals surface area (Å²) in [6.07, 6.45) is 2.06. The molecule has 0 aliphatic carbocycles. The molecule has 0 saturated carbocycles. The van der Waals surface area contributed by atoms with Crippen LogP contribution in [0.5, 0.6) is 0 Å². The smallest absolute Gasteiger partial charge is 0.252 e. The molecular weight excluding hydrogens is 284 g/mol. The van der Waals surface area contributed by atoms with Crippen molar-refractivity contribution >= 4 is 23.2 Å². The molecular formula is C17H19ClN2O. The van der Waals surface area contributed by atoms with Crippen LogP contribution in [0.3, 0.4) is 0 Å². The summed E-state index contributed by atoms with van der Waals surface area (Å²) < 4.78 is 0. The Morgan fingerprint density at radius 1 is 1.14 bits per heavy atom. The van der Waals surface area contributed by atoms with E-state index in [-0.39, 0.29) is 5.91 Å². The van der Waals surface area contributed by atoms with Crippen LogP contribution in [0.15, 0.2) is 48.5 Å². The number of aryl methyl sites for hydroxylation is 1. The van der Waals surface area contributed by atoms with Gasteiger partial charge in [0.25, 0.3) is 5.91 Å². The molecule has 0 radical (unpaired) electrons. The van der Waals surface area contributed by atoms with Crippen molar-refractivity contribution in [2.24, 2.45) is 0 Å². The lowest BCUT2D eigenvalue weighted by molar-refractivity contribution is 0.0963. The second-order valence-electron chi connectivity index (χ2n) is 4.79. The van der Waals surface area contributed by atoms with Crippen LogP contribution in [0, 0.1) is 0 Å². The van der Waals surface area contributed by atoms with E-state index >= 15 is 0 Å². The van der Waals surface area contributed by atoms with Crippen molar-refractivity contribution in [3.63, 3.8) is 0 Å². The number of rotatable bonds is 6. The van der Waals surface area contributed by atoms with E-state index in [0.29, 0.717) is 10.6 Å². The normalized spacial score (nSPS) is 10.2. The highest BCUT2D eigenvalue weighted by Crippen LogP contribution is 2.20. The Morgan fingerprint density at radius 2 is 1.90 bits per heavy atom. The molecule has 2 aromatic rings. The van der Waals surface area contributed by atoms with Gasteiger partial charge in [0.1, 0.15) is 0 Å². The lowest BCUT2D eigenvalue weighted by Crippen LogP contribution is -2.18. The van der Waals surface area contributed by atoms with Gasteiger partial charge in [0.05, 0.1) is 10.6 Å². The lowest BCUT2D eigenvalue weighted by Gasteiger charge is -2.09. The quantitative estimate of drug-likeness (QED) is 0.798. The fourth-order valence-electron chi connectivity index (χ4n) is 2.11. The van der Waals surface area contributed by atoms with E-state index in [2.05, 4.69) is 34.9 Å². The van der Waals surface area contributed by atoms with Gasteiger partial charge < -0.3 is 10.6 Å². The zero-order chi connectivity index (χ0) is 15.1. The first-order valence-corrected chi connectivity index (χ1v) is 7.38. The Bertz CT molecular complexity index is 599. The van der Waals surface area contributed by atoms with E-state index < -0.39 is 0 Å². The molecule has 0 bridgehead atoms. The maximum Gasteiger partial charge on any atom is 0.252 e. The van der Waals surface area contributed by atoms with Crippen molar-refractivity contribution in [1.82, 2.24) is 5.32 Å². The highest BCUT2D eigenvalue weighted by molar-refractivity contribution is 6.34. The third kappa shape index (κ3) is 4.50. The minimum absolute atomic E-state index is 0.173. The summed E-state index contributed by atoms with van der Waals surface area (Å²) in [7, 11) is 1.60. The third-order valence-electron chi connectivity index (χ3n) is 3.25. The number of carbonyl (C=O) groups excluding carboxylic acids is 1. The highest BCUT2D eigenvalue weighted by atomic mass is 35.5. The summed E-state index contributed by atoms with van der Waals surface area (Å²) in [5.41, 5.74) is 2.74. The lowest BCUT2D eigenvalue weighted by atomic mass is 10.1. The van der Waals surface area contributed by atoms with Crippen LogP contribution in [0.25, 0.3) is 0 Å². The number of carbonyl (C=O) groups is 1. The minimum atomic E-state index is -0.173. The van der Waals surface area contributed by atoms with Crippen molar-refractivity contribution in [3.05, 3.63) is 64.7 Å². The van der Waals surface area contributed by atoms with Gasteiger partial charge in [-0.2, -0.15) is 0 Å². The van der Waals surface area contributed by atoms with Gasteiger partial charge in [-0.15, -0.1) is 0 Å². The summed E-state index contributed by atoms with van der Waals surface area (Å²) in [6.45, 7) is 0.851. The summed E-state index contributed by atoms with van der Waals surface area (Å²) >= 11 is 6.02. The van der Waals surface area contributed by atoms with E-state index in [0.717, 1.165) is 25.1 Å². The zero-order valence-electron chi connectivity index (χ0n) is 12.0. The molecule has 0 unspecified atom stereocenters. The zero-order valence-corrected chi connectivity index (χ0v) is 12.8. The number of anilines is 1. The SMILES string of the molecule is CNC(=O)c1cc(NCCCc2ccccc2)ccc1Cl. The second-order valence-corrected chi connectivity index (χ2v) is 5.20. The molecule has 0 saturated heterocycles. The van der Waals surface area contributed by atoms with Crippen molar-refractivity contribution in [1.29, 1.82) is 0 Å². The first kappa shape index (κ1) is 15.4. The van der Waals surface area contributed by atoms with Gasteiger partial charge in [-0.05, 0) is 36.6 Å². The van der Waals surface area contributed by atoms with Crippen LogP contribution >= 0.6 is 11.6 Å². The Kier molecular flexibility index (Phi) is 5.64. The first-order chi connectivity index (χ1) is 10.2. The van der Waals surface area contributed by atoms with Gasteiger partial charge >= 0.3 is 0 Å². The third-order valence-corrected chi connectivity index (χ3v) is 3.58. The number of halogens is 1. The Hall–Kier alpha value is -2.00. The molecule has 2 rings (SSSR count). The van der Waals surface area contributed by atoms with Crippen molar-refractivity contribution in [2.45, 2.75) is 12.8 Å². The molecule has 0 aliphatic heterocycles. The average Bonchev–Trinajstić information content (AvgIpc) is 2.53. The number of benzene rings is 2. The first-order valence-electron chi connectivity index (χ1n) is 7.00. The van der Waals surface area contributed by atoms with Crippen LogP contribution in [0.2, 0.25) is 5.02 Å². The van der Waals surface area contributed by atoms with Crippen molar-refractivity contribution in [2.75, 3.05) is 18.9 Å². The molecule has 0 atom stereocenters. The molecule has 0 aromatic heterocycles. The van der Waals surface area contributed by atoms with Crippen LogP contribution in [0.1, 0.15) is 22.3 Å². The molecule has 2 aromatic carbocycles. The maximum absolute atomic E-state index is 11.7. The Balaban J connectivity index is 1.87. The molecule has 4 heteroatoms. The molecule has 3 nitrogen and oxygen atoms in total. The fraction of sp³-hybridized carbons (Fsp3) is 0.235. The number of nitrogens with one attached hydrogen (secondary N) is 2. The monoisotopic (exact) mass is 302 g/mol. The van der Waals surface area contributed by atoms with Gasteiger partial charge in [0, 0.05) is 19.3 Å². The summed E-state index contributed by atoms with van der Waals surface area (Å²) in [6, 6.07) is 15.8. The van der Waals surface area contributed by atoms with Crippen LogP contribution in [0.4, 0.5) is 5.69 Å². The molecule has 1 amide bonds. The van der Waals surface area contributed by atoms with E-state index in [1.54, 1.807) is 19.2 Å². The number of hydrogen-bond acceptors (Lipinski definition) is 2. The molecule has 2 N–H and O–H groups in total. The summed E-state index contributed by atoms with van der Waals surface area (Å²) in [5, 5.41) is 6.37. The maximum atomic E-state index is 11.7. The van der Waals surface area contributed by atoms with E-state index in [1.807, 2.05) is 12.1 Å². The molecule has 0 fully saturated rings. The van der Waals surface area contributed by atoms with Gasteiger partial charge in [0.15, 0.2) is 0 Å². The Morgan fingerprint density at radius 3 is 2.62 bits per heavy atom. The van der Waals surface area contributed by atoms with E-state index in [4.69, 9.17) is 11.6 Å². The number of amides is 1. The Labute approximate surface area is 130 Å². The largest absolute Gasteiger partial charge is 0.385 e. The second kappa shape index (κ2) is 7.70. The molecule has 0 heterocycles. The van der Waals surface area contributed by atoms with Gasteiger partial charge in [0.2, 0.25) is 0 Å². The topological polar surface area (TPSA) is 41.1 Å². The average molecular weight is 303 g/mol. The van der Waals surface area contributed by atoms with Gasteiger partial charge in [-0.25, -0.2) is 0 Å². The summed E-state index contributed by atoms with van der Waals surface area (Å²) in [4.78, 5) is 11.7. The standard InChI is InChI=1S/C17H19ClN2O/c1-19-17(21)15-12-14(9-10-16(15)18)20-11-5-8-13-6-3-2-4-7-13/h2-4,6-7,9-10,12,20H,5,8,11H2,1H3,(H,19,21). The van der Waals surface area contributed by atoms with E-state index in [1.165, 1.54) is 5.56 Å². The summed E-state index contributed by atoms with van der Waals surface area (Å²) in [5.74, 6) is -0.173. The molecule has 0 spiro atoms. The number of hydrogen-bond donors (Lipinski definition) is 2.